The van der Waals surface area contributed by atoms with Crippen molar-refractivity contribution in [2.45, 2.75) is 6.61 Å². The Morgan fingerprint density at radius 3 is 2.28 bits per heavy atom. The van der Waals surface area contributed by atoms with Crippen LogP contribution in [0.25, 0.3) is 6.08 Å². The highest BCUT2D eigenvalue weighted by atomic mass is 79.9. The number of urea groups is 1. The van der Waals surface area contributed by atoms with Gasteiger partial charge in [-0.05, 0) is 91.5 Å². The van der Waals surface area contributed by atoms with Crippen molar-refractivity contribution in [2.24, 2.45) is 0 Å². The smallest absolute Gasteiger partial charge is 0.333 e. The molecule has 3 aromatic carbocycles. The molecule has 32 heavy (non-hydrogen) atoms. The van der Waals surface area contributed by atoms with Crippen LogP contribution in [0.5, 0.6) is 5.75 Å². The minimum Gasteiger partial charge on any atom is -0.487 e. The summed E-state index contributed by atoms with van der Waals surface area (Å²) >= 11 is 18.9. The number of anilines is 1. The largest absolute Gasteiger partial charge is 0.487 e. The maximum atomic E-state index is 12.8. The molecule has 1 aliphatic heterocycles. The zero-order valence-electron chi connectivity index (χ0n) is 16.2. The van der Waals surface area contributed by atoms with Crippen molar-refractivity contribution in [1.82, 2.24) is 5.32 Å². The van der Waals surface area contributed by atoms with Crippen molar-refractivity contribution in [3.05, 3.63) is 96.5 Å². The fraction of sp³-hybridized carbons (Fsp3) is 0.0435. The number of benzene rings is 3. The summed E-state index contributed by atoms with van der Waals surface area (Å²) in [6.07, 6.45) is 1.60. The van der Waals surface area contributed by atoms with Crippen LogP contribution in [0.15, 0.2) is 75.3 Å². The van der Waals surface area contributed by atoms with Gasteiger partial charge in [0.25, 0.3) is 5.91 Å². The monoisotopic (exact) mass is 594 g/mol. The van der Waals surface area contributed by atoms with Crippen LogP contribution < -0.4 is 15.0 Å². The lowest BCUT2D eigenvalue weighted by Gasteiger charge is -2.12. The molecule has 9 heteroatoms. The number of hydrogen-bond acceptors (Lipinski definition) is 3. The second-order valence-corrected chi connectivity index (χ2v) is 9.42. The van der Waals surface area contributed by atoms with E-state index in [1.807, 2.05) is 12.1 Å². The number of nitrogens with one attached hydrogen (secondary N) is 1. The third-order valence-electron chi connectivity index (χ3n) is 4.57. The summed E-state index contributed by atoms with van der Waals surface area (Å²) in [6.45, 7) is 0.359. The Kier molecular flexibility index (Phi) is 6.90. The average Bonchev–Trinajstić information content (AvgIpc) is 3.01. The number of halogens is 4. The van der Waals surface area contributed by atoms with Crippen LogP contribution in [0.1, 0.15) is 11.1 Å². The topological polar surface area (TPSA) is 58.6 Å². The first kappa shape index (κ1) is 22.9. The predicted octanol–water partition coefficient (Wildman–Crippen LogP) is 7.19. The molecule has 1 aliphatic rings. The standard InChI is InChI=1S/C23H14Br2Cl2N2O3/c24-18-8-14(9-19(25)21(18)32-12-13-4-6-15(26)7-5-13)10-20-22(30)29(23(31)28-20)17-3-1-2-16(27)11-17/h1-11H,12H2,(H,28,31)/b20-10+. The number of hydrogen-bond donors (Lipinski definition) is 1. The van der Waals surface area contributed by atoms with Gasteiger partial charge < -0.3 is 10.1 Å². The molecule has 0 aromatic heterocycles. The van der Waals surface area contributed by atoms with Crippen LogP contribution in [-0.4, -0.2) is 11.9 Å². The lowest BCUT2D eigenvalue weighted by Crippen LogP contribution is -2.30. The quantitative estimate of drug-likeness (QED) is 0.250. The molecule has 162 valence electrons. The van der Waals surface area contributed by atoms with Crippen LogP contribution in [0.2, 0.25) is 10.0 Å². The summed E-state index contributed by atoms with van der Waals surface area (Å²) in [5, 5.41) is 3.70. The van der Waals surface area contributed by atoms with Crippen molar-refractivity contribution < 1.29 is 14.3 Å². The van der Waals surface area contributed by atoms with Crippen molar-refractivity contribution in [3.63, 3.8) is 0 Å². The van der Waals surface area contributed by atoms with Gasteiger partial charge in [0, 0.05) is 10.0 Å². The van der Waals surface area contributed by atoms with Crippen molar-refractivity contribution in [2.75, 3.05) is 4.90 Å². The Morgan fingerprint density at radius 1 is 0.938 bits per heavy atom. The zero-order valence-corrected chi connectivity index (χ0v) is 20.9. The number of imide groups is 1. The van der Waals surface area contributed by atoms with Gasteiger partial charge in [0.15, 0.2) is 0 Å². The lowest BCUT2D eigenvalue weighted by atomic mass is 10.1. The van der Waals surface area contributed by atoms with E-state index in [0.29, 0.717) is 42.6 Å². The highest BCUT2D eigenvalue weighted by Gasteiger charge is 2.35. The molecule has 0 radical (unpaired) electrons. The Hall–Kier alpha value is -2.32. The average molecular weight is 597 g/mol. The molecule has 1 saturated heterocycles. The van der Waals surface area contributed by atoms with Crippen LogP contribution in [0, 0.1) is 0 Å². The molecule has 0 saturated carbocycles. The van der Waals surface area contributed by atoms with E-state index in [0.717, 1.165) is 10.5 Å². The second kappa shape index (κ2) is 9.67. The van der Waals surface area contributed by atoms with Gasteiger partial charge in [-0.2, -0.15) is 0 Å². The number of carbonyl (C=O) groups excluding carboxylic acids is 2. The fourth-order valence-corrected chi connectivity index (χ4v) is 4.85. The highest BCUT2D eigenvalue weighted by Crippen LogP contribution is 2.36. The summed E-state index contributed by atoms with van der Waals surface area (Å²) in [5.41, 5.74) is 2.22. The van der Waals surface area contributed by atoms with Crippen molar-refractivity contribution in [1.29, 1.82) is 0 Å². The summed E-state index contributed by atoms with van der Waals surface area (Å²) in [6, 6.07) is 17.0. The van der Waals surface area contributed by atoms with Gasteiger partial charge in [0.05, 0.1) is 14.6 Å². The Morgan fingerprint density at radius 2 is 1.62 bits per heavy atom. The molecule has 5 nitrogen and oxygen atoms in total. The Bertz CT molecular complexity index is 1220. The number of ether oxygens (including phenoxy) is 1. The van der Waals surface area contributed by atoms with Gasteiger partial charge in [0.2, 0.25) is 0 Å². The molecule has 1 heterocycles. The molecule has 3 amide bonds. The molecule has 0 spiro atoms. The first-order valence-electron chi connectivity index (χ1n) is 9.31. The third-order valence-corrected chi connectivity index (χ3v) is 6.24. The molecule has 1 N–H and O–H groups in total. The van der Waals surface area contributed by atoms with E-state index in [1.165, 1.54) is 0 Å². The highest BCUT2D eigenvalue weighted by molar-refractivity contribution is 9.11. The number of carbonyl (C=O) groups is 2. The number of amides is 3. The van der Waals surface area contributed by atoms with E-state index in [2.05, 4.69) is 37.2 Å². The molecule has 3 aromatic rings. The van der Waals surface area contributed by atoms with Crippen molar-refractivity contribution >= 4 is 78.8 Å². The molecule has 4 rings (SSSR count). The van der Waals surface area contributed by atoms with E-state index in [4.69, 9.17) is 27.9 Å². The van der Waals surface area contributed by atoms with Gasteiger partial charge in [-0.1, -0.05) is 41.4 Å². The van der Waals surface area contributed by atoms with E-state index in [-0.39, 0.29) is 5.70 Å². The minimum atomic E-state index is -0.537. The van der Waals surface area contributed by atoms with Crippen molar-refractivity contribution in [3.8, 4) is 5.75 Å². The van der Waals surface area contributed by atoms with Crippen LogP contribution in [0.3, 0.4) is 0 Å². The number of rotatable bonds is 5. The normalized spacial score (nSPS) is 14.8. The Labute approximate surface area is 211 Å². The van der Waals surface area contributed by atoms with Gasteiger partial charge in [-0.15, -0.1) is 0 Å². The summed E-state index contributed by atoms with van der Waals surface area (Å²) in [7, 11) is 0. The molecule has 0 bridgehead atoms. The Balaban J connectivity index is 1.54. The summed E-state index contributed by atoms with van der Waals surface area (Å²) in [5.74, 6) is 0.150. The first-order chi connectivity index (χ1) is 15.3. The molecular weight excluding hydrogens is 583 g/mol. The van der Waals surface area contributed by atoms with Crippen LogP contribution >= 0.6 is 55.1 Å². The lowest BCUT2D eigenvalue weighted by molar-refractivity contribution is -0.113. The third kappa shape index (κ3) is 5.02. The van der Waals surface area contributed by atoms with E-state index in [1.54, 1.807) is 54.6 Å². The van der Waals surface area contributed by atoms with Crippen LogP contribution in [-0.2, 0) is 11.4 Å². The van der Waals surface area contributed by atoms with Gasteiger partial charge >= 0.3 is 6.03 Å². The summed E-state index contributed by atoms with van der Waals surface area (Å²) < 4.78 is 7.31. The SMILES string of the molecule is O=C1N/C(=C/c2cc(Br)c(OCc3ccc(Cl)cc3)c(Br)c2)C(=O)N1c1cccc(Cl)c1. The zero-order chi connectivity index (χ0) is 22.8. The van der Waals surface area contributed by atoms with Gasteiger partial charge in [-0.3, -0.25) is 4.79 Å². The number of nitrogens with zero attached hydrogens (tertiary/aromatic N) is 1. The van der Waals surface area contributed by atoms with E-state index < -0.39 is 11.9 Å². The maximum Gasteiger partial charge on any atom is 0.333 e. The molecule has 0 unspecified atom stereocenters. The minimum absolute atomic E-state index is 0.156. The van der Waals surface area contributed by atoms with Crippen LogP contribution in [0.4, 0.5) is 10.5 Å². The first-order valence-corrected chi connectivity index (χ1v) is 11.6. The summed E-state index contributed by atoms with van der Waals surface area (Å²) in [4.78, 5) is 26.3. The maximum absolute atomic E-state index is 12.8. The van der Waals surface area contributed by atoms with E-state index in [9.17, 15) is 9.59 Å². The second-order valence-electron chi connectivity index (χ2n) is 6.84. The predicted molar refractivity (Wildman–Crippen MR) is 133 cm³/mol. The molecule has 0 aliphatic carbocycles. The van der Waals surface area contributed by atoms with E-state index >= 15 is 0 Å². The fourth-order valence-electron chi connectivity index (χ4n) is 3.09. The molecule has 1 fully saturated rings. The van der Waals surface area contributed by atoms with Gasteiger partial charge in [0.1, 0.15) is 18.1 Å². The van der Waals surface area contributed by atoms with Gasteiger partial charge in [-0.25, -0.2) is 9.69 Å². The molecular formula is C23H14Br2Cl2N2O3. The molecule has 0 atom stereocenters.